The Hall–Kier alpha value is -0.650. The average Bonchev–Trinajstić information content (AvgIpc) is 2.20. The molecule has 1 aromatic rings. The van der Waals surface area contributed by atoms with Crippen LogP contribution >= 0.6 is 24.6 Å². The molecule has 5 heteroatoms. The van der Waals surface area contributed by atoms with E-state index in [9.17, 15) is 4.79 Å². The van der Waals surface area contributed by atoms with E-state index in [1.807, 2.05) is 30.3 Å². The van der Waals surface area contributed by atoms with Crippen molar-refractivity contribution in [2.75, 3.05) is 5.75 Å². The fraction of sp³-hybridized carbons (Fsp3) is 0.222. The molecule has 1 amide bonds. The Morgan fingerprint density at radius 3 is 2.64 bits per heavy atom. The van der Waals surface area contributed by atoms with Crippen molar-refractivity contribution in [2.45, 2.75) is 10.9 Å². The minimum atomic E-state index is -0.400. The number of carbonyl (C=O) groups excluding carboxylic acids is 1. The molecular formula is C9H12N2OS2. The summed E-state index contributed by atoms with van der Waals surface area (Å²) in [5.74, 6) is 0.0123. The highest BCUT2D eigenvalue weighted by atomic mass is 32.2. The van der Waals surface area contributed by atoms with Gasteiger partial charge in [0.25, 0.3) is 0 Å². The maximum absolute atomic E-state index is 10.8. The van der Waals surface area contributed by atoms with Crippen LogP contribution in [0.2, 0.25) is 0 Å². The number of hydrogen-bond donors (Lipinski definition) is 3. The molecule has 0 radical (unpaired) electrons. The van der Waals surface area contributed by atoms with E-state index in [-0.39, 0.29) is 5.91 Å². The lowest BCUT2D eigenvalue weighted by atomic mass is 10.3. The molecule has 0 saturated heterocycles. The zero-order valence-electron chi connectivity index (χ0n) is 7.51. The normalized spacial score (nSPS) is 12.4. The number of nitrogens with one attached hydrogen (secondary N) is 1. The number of rotatable bonds is 5. The zero-order valence-corrected chi connectivity index (χ0v) is 9.22. The van der Waals surface area contributed by atoms with Crippen LogP contribution in [0, 0.1) is 0 Å². The van der Waals surface area contributed by atoms with Gasteiger partial charge in [-0.15, -0.1) is 0 Å². The van der Waals surface area contributed by atoms with Crippen LogP contribution in [-0.2, 0) is 4.79 Å². The molecule has 1 atom stereocenters. The van der Waals surface area contributed by atoms with E-state index in [0.717, 1.165) is 4.90 Å². The van der Waals surface area contributed by atoms with E-state index in [4.69, 9.17) is 5.73 Å². The van der Waals surface area contributed by atoms with Gasteiger partial charge in [0.1, 0.15) is 6.04 Å². The molecule has 1 rings (SSSR count). The summed E-state index contributed by atoms with van der Waals surface area (Å²) in [4.78, 5) is 11.9. The Bertz CT molecular complexity index is 292. The summed E-state index contributed by atoms with van der Waals surface area (Å²) >= 11 is 5.41. The first-order valence-corrected chi connectivity index (χ1v) is 5.56. The molecule has 0 bridgehead atoms. The summed E-state index contributed by atoms with van der Waals surface area (Å²) in [5, 5.41) is 0. The van der Waals surface area contributed by atoms with Gasteiger partial charge in [-0.3, -0.25) is 4.79 Å². The third-order valence-electron chi connectivity index (χ3n) is 1.59. The monoisotopic (exact) mass is 228 g/mol. The third kappa shape index (κ3) is 3.61. The van der Waals surface area contributed by atoms with E-state index in [1.54, 1.807) is 0 Å². The third-order valence-corrected chi connectivity index (χ3v) is 2.86. The largest absolute Gasteiger partial charge is 0.368 e. The first-order chi connectivity index (χ1) is 6.74. The number of primary amides is 1. The van der Waals surface area contributed by atoms with Crippen LogP contribution in [0.25, 0.3) is 0 Å². The molecule has 3 nitrogen and oxygen atoms in total. The van der Waals surface area contributed by atoms with Crippen molar-refractivity contribution in [3.05, 3.63) is 30.3 Å². The Kier molecular flexibility index (Phi) is 4.86. The molecule has 3 N–H and O–H groups in total. The minimum absolute atomic E-state index is 0.386. The van der Waals surface area contributed by atoms with Crippen LogP contribution in [-0.4, -0.2) is 17.7 Å². The van der Waals surface area contributed by atoms with Crippen molar-refractivity contribution in [3.63, 3.8) is 0 Å². The average molecular weight is 228 g/mol. The lowest BCUT2D eigenvalue weighted by Crippen LogP contribution is -2.39. The molecular weight excluding hydrogens is 216 g/mol. The highest BCUT2D eigenvalue weighted by molar-refractivity contribution is 7.97. The van der Waals surface area contributed by atoms with E-state index < -0.39 is 6.04 Å². The summed E-state index contributed by atoms with van der Waals surface area (Å²) < 4.78 is 2.95. The van der Waals surface area contributed by atoms with Crippen molar-refractivity contribution in [3.8, 4) is 0 Å². The van der Waals surface area contributed by atoms with Crippen molar-refractivity contribution < 1.29 is 4.79 Å². The van der Waals surface area contributed by atoms with Gasteiger partial charge >= 0.3 is 0 Å². The molecule has 0 aliphatic carbocycles. The van der Waals surface area contributed by atoms with Crippen LogP contribution in [0.5, 0.6) is 0 Å². The molecule has 14 heavy (non-hydrogen) atoms. The SMILES string of the molecule is NC(=O)C(CS)NSc1ccccc1. The predicted molar refractivity (Wildman–Crippen MR) is 62.3 cm³/mol. The summed E-state index contributed by atoms with van der Waals surface area (Å²) in [6, 6.07) is 9.31. The summed E-state index contributed by atoms with van der Waals surface area (Å²) in [7, 11) is 0. The number of amides is 1. The van der Waals surface area contributed by atoms with Gasteiger partial charge in [-0.1, -0.05) is 18.2 Å². The number of thiol groups is 1. The number of nitrogens with two attached hydrogens (primary N) is 1. The molecule has 1 unspecified atom stereocenters. The van der Waals surface area contributed by atoms with Crippen LogP contribution < -0.4 is 10.5 Å². The topological polar surface area (TPSA) is 55.1 Å². The van der Waals surface area contributed by atoms with E-state index in [2.05, 4.69) is 17.4 Å². The molecule has 0 aliphatic heterocycles. The van der Waals surface area contributed by atoms with Crippen molar-refractivity contribution in [1.29, 1.82) is 0 Å². The lowest BCUT2D eigenvalue weighted by Gasteiger charge is -2.11. The highest BCUT2D eigenvalue weighted by Crippen LogP contribution is 2.13. The smallest absolute Gasteiger partial charge is 0.236 e. The lowest BCUT2D eigenvalue weighted by molar-refractivity contribution is -0.119. The second-order valence-electron chi connectivity index (χ2n) is 2.67. The Morgan fingerprint density at radius 1 is 1.50 bits per heavy atom. The number of benzene rings is 1. The van der Waals surface area contributed by atoms with Gasteiger partial charge in [0.15, 0.2) is 0 Å². The molecule has 1 aromatic carbocycles. The zero-order chi connectivity index (χ0) is 10.4. The van der Waals surface area contributed by atoms with Crippen LogP contribution in [0.3, 0.4) is 0 Å². The second-order valence-corrected chi connectivity index (χ2v) is 3.95. The molecule has 0 aromatic heterocycles. The van der Waals surface area contributed by atoms with Gasteiger partial charge in [0.2, 0.25) is 5.91 Å². The van der Waals surface area contributed by atoms with Crippen LogP contribution in [0.15, 0.2) is 35.2 Å². The molecule has 0 spiro atoms. The maximum Gasteiger partial charge on any atom is 0.236 e. The first kappa shape index (κ1) is 11.4. The molecule has 0 saturated carbocycles. The van der Waals surface area contributed by atoms with Gasteiger partial charge in [0, 0.05) is 10.6 Å². The Balaban J connectivity index is 2.44. The van der Waals surface area contributed by atoms with Gasteiger partial charge in [0.05, 0.1) is 0 Å². The Morgan fingerprint density at radius 2 is 2.14 bits per heavy atom. The molecule has 0 fully saturated rings. The van der Waals surface area contributed by atoms with Gasteiger partial charge in [-0.2, -0.15) is 12.6 Å². The van der Waals surface area contributed by atoms with E-state index in [0.29, 0.717) is 5.75 Å². The first-order valence-electron chi connectivity index (χ1n) is 4.11. The molecule has 0 heterocycles. The number of carbonyl (C=O) groups is 1. The molecule has 0 aliphatic rings. The Labute approximate surface area is 93.0 Å². The molecule has 76 valence electrons. The number of hydrogen-bond acceptors (Lipinski definition) is 4. The maximum atomic E-state index is 10.8. The van der Waals surface area contributed by atoms with Crippen molar-refractivity contribution in [2.24, 2.45) is 5.73 Å². The van der Waals surface area contributed by atoms with E-state index in [1.165, 1.54) is 11.9 Å². The summed E-state index contributed by atoms with van der Waals surface area (Å²) in [6.07, 6.45) is 0. The van der Waals surface area contributed by atoms with Crippen LogP contribution in [0.4, 0.5) is 0 Å². The quantitative estimate of drug-likeness (QED) is 0.522. The fourth-order valence-corrected chi connectivity index (χ4v) is 1.98. The van der Waals surface area contributed by atoms with E-state index >= 15 is 0 Å². The van der Waals surface area contributed by atoms with Crippen LogP contribution in [0.1, 0.15) is 0 Å². The minimum Gasteiger partial charge on any atom is -0.368 e. The van der Waals surface area contributed by atoms with Crippen molar-refractivity contribution in [1.82, 2.24) is 4.72 Å². The predicted octanol–water partition coefficient (Wildman–Crippen LogP) is 1.07. The van der Waals surface area contributed by atoms with Gasteiger partial charge in [-0.25, -0.2) is 4.72 Å². The summed E-state index contributed by atoms with van der Waals surface area (Å²) in [6.45, 7) is 0. The second kappa shape index (κ2) is 5.95. The van der Waals surface area contributed by atoms with Crippen molar-refractivity contribution >= 4 is 30.5 Å². The highest BCUT2D eigenvalue weighted by Gasteiger charge is 2.12. The summed E-state index contributed by atoms with van der Waals surface area (Å²) in [5.41, 5.74) is 5.15. The van der Waals surface area contributed by atoms with Gasteiger partial charge in [-0.05, 0) is 24.1 Å². The standard InChI is InChI=1S/C9H12N2OS2/c10-9(12)8(6-13)11-14-7-4-2-1-3-5-7/h1-5,8,11,13H,6H2,(H2,10,12). The van der Waals surface area contributed by atoms with Gasteiger partial charge < -0.3 is 5.73 Å². The fourth-order valence-electron chi connectivity index (χ4n) is 0.813.